The maximum atomic E-state index is 11.6. The Morgan fingerprint density at radius 2 is 2.18 bits per heavy atom. The summed E-state index contributed by atoms with van der Waals surface area (Å²) >= 11 is 0. The largest absolute Gasteiger partial charge is 0.300 e. The van der Waals surface area contributed by atoms with Gasteiger partial charge in [-0.05, 0) is 12.5 Å². The summed E-state index contributed by atoms with van der Waals surface area (Å²) in [6.45, 7) is 3.19. The zero-order chi connectivity index (χ0) is 13.0. The number of rotatable bonds is 3. The van der Waals surface area contributed by atoms with Gasteiger partial charge in [-0.1, -0.05) is 6.92 Å². The number of nitro groups is 1. The molecule has 0 radical (unpaired) electrons. The highest BCUT2D eigenvalue weighted by Crippen LogP contribution is 2.17. The predicted octanol–water partition coefficient (Wildman–Crippen LogP) is 0.965. The average Bonchev–Trinajstić information content (AvgIpc) is 2.28. The number of nitrogens with zero attached hydrogens (tertiary/aromatic N) is 2. The van der Waals surface area contributed by atoms with Gasteiger partial charge in [0.15, 0.2) is 0 Å². The van der Waals surface area contributed by atoms with Crippen LogP contribution in [0.15, 0.2) is 12.3 Å². The van der Waals surface area contributed by atoms with Crippen molar-refractivity contribution in [3.05, 3.63) is 33.6 Å². The van der Waals surface area contributed by atoms with Gasteiger partial charge in [0.1, 0.15) is 0 Å². The minimum Gasteiger partial charge on any atom is -0.291 e. The summed E-state index contributed by atoms with van der Waals surface area (Å²) in [6.07, 6.45) is 1.45. The first-order chi connectivity index (χ1) is 7.95. The summed E-state index contributed by atoms with van der Waals surface area (Å²) < 4.78 is 0. The molecular formula is C10H11N3O4. The number of aromatic nitrogens is 1. The molecule has 0 fully saturated rings. The zero-order valence-electron chi connectivity index (χ0n) is 9.39. The van der Waals surface area contributed by atoms with E-state index in [-0.39, 0.29) is 12.1 Å². The van der Waals surface area contributed by atoms with E-state index in [0.29, 0.717) is 5.56 Å². The van der Waals surface area contributed by atoms with Crippen molar-refractivity contribution >= 4 is 17.5 Å². The molecule has 1 heterocycles. The van der Waals surface area contributed by atoms with Crippen molar-refractivity contribution < 1.29 is 14.5 Å². The second-order valence-electron chi connectivity index (χ2n) is 3.37. The molecular weight excluding hydrogens is 226 g/mol. The molecule has 0 aliphatic carbocycles. The topological polar surface area (TPSA) is 102 Å². The molecule has 0 aliphatic rings. The number of hydrogen-bond acceptors (Lipinski definition) is 5. The lowest BCUT2D eigenvalue weighted by Gasteiger charge is -2.03. The first kappa shape index (κ1) is 12.8. The van der Waals surface area contributed by atoms with Gasteiger partial charge in [0.05, 0.1) is 4.92 Å². The number of aryl methyl sites for hydroxylation is 1. The molecule has 0 aromatic carbocycles. The number of carbonyl (C=O) groups is 2. The maximum Gasteiger partial charge on any atom is 0.300 e. The van der Waals surface area contributed by atoms with Gasteiger partial charge in [-0.2, -0.15) is 0 Å². The number of carbonyl (C=O) groups excluding carboxylic acids is 2. The summed E-state index contributed by atoms with van der Waals surface area (Å²) in [4.78, 5) is 36.3. The van der Waals surface area contributed by atoms with E-state index >= 15 is 0 Å². The molecule has 0 saturated heterocycles. The van der Waals surface area contributed by atoms with Crippen molar-refractivity contribution in [2.45, 2.75) is 20.3 Å². The molecule has 1 aromatic heterocycles. The van der Waals surface area contributed by atoms with Crippen LogP contribution < -0.4 is 5.32 Å². The molecule has 17 heavy (non-hydrogen) atoms. The normalized spacial score (nSPS) is 9.76. The lowest BCUT2D eigenvalue weighted by molar-refractivity contribution is -0.385. The Morgan fingerprint density at radius 1 is 1.53 bits per heavy atom. The fourth-order valence-electron chi connectivity index (χ4n) is 1.14. The number of imide groups is 1. The van der Waals surface area contributed by atoms with Crippen LogP contribution in [0.5, 0.6) is 0 Å². The van der Waals surface area contributed by atoms with Gasteiger partial charge in [-0.25, -0.2) is 4.98 Å². The third-order valence-corrected chi connectivity index (χ3v) is 1.99. The molecule has 1 N–H and O–H groups in total. The highest BCUT2D eigenvalue weighted by atomic mass is 16.6. The summed E-state index contributed by atoms with van der Waals surface area (Å²) in [7, 11) is 0. The fourth-order valence-corrected chi connectivity index (χ4v) is 1.14. The van der Waals surface area contributed by atoms with Crippen LogP contribution in [-0.2, 0) is 4.79 Å². The summed E-state index contributed by atoms with van der Waals surface area (Å²) in [5.41, 5.74) is -0.205. The van der Waals surface area contributed by atoms with Gasteiger partial charge in [0, 0.05) is 18.7 Å². The molecule has 0 aliphatic heterocycles. The van der Waals surface area contributed by atoms with Crippen molar-refractivity contribution in [3.63, 3.8) is 0 Å². The van der Waals surface area contributed by atoms with Crippen molar-refractivity contribution in [3.8, 4) is 0 Å². The Bertz CT molecular complexity index is 484. The highest BCUT2D eigenvalue weighted by molar-refractivity contribution is 6.05. The van der Waals surface area contributed by atoms with E-state index < -0.39 is 22.4 Å². The molecule has 0 atom stereocenters. The minimum atomic E-state index is -0.858. The van der Waals surface area contributed by atoms with Gasteiger partial charge in [0.25, 0.3) is 5.91 Å². The quantitative estimate of drug-likeness (QED) is 0.623. The Morgan fingerprint density at radius 3 is 2.71 bits per heavy atom. The second kappa shape index (κ2) is 5.15. The average molecular weight is 237 g/mol. The third-order valence-electron chi connectivity index (χ3n) is 1.99. The fraction of sp³-hybridized carbons (Fsp3) is 0.300. The number of hydrogen-bond donors (Lipinski definition) is 1. The van der Waals surface area contributed by atoms with Crippen molar-refractivity contribution in [2.24, 2.45) is 0 Å². The van der Waals surface area contributed by atoms with E-state index in [1.165, 1.54) is 12.3 Å². The van der Waals surface area contributed by atoms with Crippen molar-refractivity contribution in [2.75, 3.05) is 0 Å². The van der Waals surface area contributed by atoms with Gasteiger partial charge in [-0.15, -0.1) is 0 Å². The molecule has 0 bridgehead atoms. The molecule has 7 heteroatoms. The first-order valence-corrected chi connectivity index (χ1v) is 4.91. The monoisotopic (exact) mass is 237 g/mol. The van der Waals surface area contributed by atoms with Gasteiger partial charge >= 0.3 is 5.69 Å². The standard InChI is InChI=1S/C10H11N3O4/c1-3-8(14)12-10(15)9-7(13(16)17)4-6(2)5-11-9/h4-5H,3H2,1-2H3,(H,12,14,15). The predicted molar refractivity (Wildman–Crippen MR) is 58.4 cm³/mol. The number of amides is 2. The van der Waals surface area contributed by atoms with Crippen LogP contribution in [0.4, 0.5) is 5.69 Å². The minimum absolute atomic E-state index is 0.116. The molecule has 0 spiro atoms. The van der Waals surface area contributed by atoms with E-state index in [1.807, 2.05) is 5.32 Å². The van der Waals surface area contributed by atoms with Crippen LogP contribution in [0.25, 0.3) is 0 Å². The first-order valence-electron chi connectivity index (χ1n) is 4.91. The van der Waals surface area contributed by atoms with E-state index in [9.17, 15) is 19.7 Å². The Kier molecular flexibility index (Phi) is 3.86. The van der Waals surface area contributed by atoms with Crippen molar-refractivity contribution in [1.82, 2.24) is 10.3 Å². The van der Waals surface area contributed by atoms with Crippen LogP contribution >= 0.6 is 0 Å². The SMILES string of the molecule is CCC(=O)NC(=O)c1ncc(C)cc1[N+](=O)[O-]. The summed E-state index contributed by atoms with van der Waals surface area (Å²) in [5.74, 6) is -1.37. The number of nitrogens with one attached hydrogen (secondary N) is 1. The third kappa shape index (κ3) is 3.07. The molecule has 2 amide bonds. The van der Waals surface area contributed by atoms with Crippen LogP contribution in [0.1, 0.15) is 29.4 Å². The van der Waals surface area contributed by atoms with Gasteiger partial charge < -0.3 is 0 Å². The van der Waals surface area contributed by atoms with Crippen molar-refractivity contribution in [1.29, 1.82) is 0 Å². The summed E-state index contributed by atoms with van der Waals surface area (Å²) in [5, 5.41) is 12.8. The molecule has 0 saturated carbocycles. The van der Waals surface area contributed by atoms with E-state index in [0.717, 1.165) is 0 Å². The molecule has 90 valence electrons. The van der Waals surface area contributed by atoms with E-state index in [1.54, 1.807) is 13.8 Å². The zero-order valence-corrected chi connectivity index (χ0v) is 9.39. The molecule has 7 nitrogen and oxygen atoms in total. The lowest BCUT2D eigenvalue weighted by atomic mass is 10.2. The smallest absolute Gasteiger partial charge is 0.291 e. The van der Waals surface area contributed by atoms with Gasteiger partial charge in [0.2, 0.25) is 11.6 Å². The van der Waals surface area contributed by atoms with E-state index in [4.69, 9.17) is 0 Å². The Hall–Kier alpha value is -2.31. The van der Waals surface area contributed by atoms with Gasteiger partial charge in [-0.3, -0.25) is 25.0 Å². The second-order valence-corrected chi connectivity index (χ2v) is 3.37. The Labute approximate surface area is 97.0 Å². The summed E-state index contributed by atoms with van der Waals surface area (Å²) in [6, 6.07) is 1.23. The molecule has 0 unspecified atom stereocenters. The number of pyridine rings is 1. The maximum absolute atomic E-state index is 11.6. The Balaban J connectivity index is 3.09. The van der Waals surface area contributed by atoms with Crippen LogP contribution in [-0.4, -0.2) is 21.7 Å². The van der Waals surface area contributed by atoms with E-state index in [2.05, 4.69) is 4.98 Å². The van der Waals surface area contributed by atoms with Crippen LogP contribution in [0, 0.1) is 17.0 Å². The molecule has 1 aromatic rings. The van der Waals surface area contributed by atoms with Crippen LogP contribution in [0.3, 0.4) is 0 Å². The molecule has 1 rings (SSSR count). The highest BCUT2D eigenvalue weighted by Gasteiger charge is 2.23. The van der Waals surface area contributed by atoms with Crippen LogP contribution in [0.2, 0.25) is 0 Å². The lowest BCUT2D eigenvalue weighted by Crippen LogP contribution is -2.30.